The van der Waals surface area contributed by atoms with E-state index in [4.69, 9.17) is 18.9 Å². The first-order valence-corrected chi connectivity index (χ1v) is 16.5. The first kappa shape index (κ1) is 37.9. The van der Waals surface area contributed by atoms with Crippen molar-refractivity contribution in [1.82, 2.24) is 9.47 Å². The molecule has 0 spiro atoms. The summed E-state index contributed by atoms with van der Waals surface area (Å²) in [5.74, 6) is 0.621. The molecule has 0 N–H and O–H groups in total. The highest BCUT2D eigenvalue weighted by molar-refractivity contribution is 7.16. The van der Waals surface area contributed by atoms with Crippen molar-refractivity contribution in [3.05, 3.63) is 64.7 Å². The molecule has 0 aliphatic carbocycles. The fourth-order valence-corrected chi connectivity index (χ4v) is 5.57. The van der Waals surface area contributed by atoms with Crippen LogP contribution in [0.5, 0.6) is 5.75 Å². The normalized spacial score (nSPS) is 11.5. The topological polar surface area (TPSA) is 137 Å². The highest BCUT2D eigenvalue weighted by atomic mass is 32.1. The summed E-state index contributed by atoms with van der Waals surface area (Å²) in [7, 11) is 5.35. The van der Waals surface area contributed by atoms with E-state index in [0.29, 0.717) is 91.7 Å². The van der Waals surface area contributed by atoms with Crippen LogP contribution in [0.3, 0.4) is 0 Å². The molecule has 0 amide bonds. The van der Waals surface area contributed by atoms with Gasteiger partial charge in [0.1, 0.15) is 41.7 Å². The standard InChI is InChI=1S/C34H46N9O4S/c1-7-8-41(25-37-4)11-15-45-17-13-43(14-18-47-20-19-46-16-12-42-10-9-40(5)26-42)31-21-27(2)30(22-32(31)44-6)38-39-34-29(23-35)28(3)33(24-36)48-34/h7-10,21-22,25-26H,11-20H2,1-6H3/q+1/b8-7-,37-25?,39-38?. The lowest BCUT2D eigenvalue weighted by molar-refractivity contribution is -0.671. The van der Waals surface area contributed by atoms with Crippen molar-refractivity contribution in [3.8, 4) is 17.9 Å². The molecule has 2 heterocycles. The number of anilines is 1. The van der Waals surface area contributed by atoms with Crippen LogP contribution in [0.4, 0.5) is 16.4 Å². The highest BCUT2D eigenvalue weighted by Gasteiger charge is 2.17. The summed E-state index contributed by atoms with van der Waals surface area (Å²) in [5.41, 5.74) is 3.34. The van der Waals surface area contributed by atoms with Gasteiger partial charge in [-0.15, -0.1) is 21.6 Å². The van der Waals surface area contributed by atoms with Gasteiger partial charge in [-0.05, 0) is 38.0 Å². The molecular formula is C34H46N9O4S+. The van der Waals surface area contributed by atoms with Gasteiger partial charge in [0.25, 0.3) is 0 Å². The molecule has 0 saturated carbocycles. The van der Waals surface area contributed by atoms with Crippen molar-refractivity contribution in [2.45, 2.75) is 27.3 Å². The van der Waals surface area contributed by atoms with Crippen LogP contribution in [0.15, 0.2) is 58.4 Å². The second kappa shape index (κ2) is 20.6. The van der Waals surface area contributed by atoms with E-state index in [9.17, 15) is 10.5 Å². The molecule has 0 aliphatic rings. The van der Waals surface area contributed by atoms with Crippen LogP contribution >= 0.6 is 11.3 Å². The molecule has 0 unspecified atom stereocenters. The van der Waals surface area contributed by atoms with Crippen molar-refractivity contribution < 1.29 is 23.5 Å². The van der Waals surface area contributed by atoms with Crippen LogP contribution in [0.1, 0.15) is 28.5 Å². The Morgan fingerprint density at radius 1 is 0.979 bits per heavy atom. The third kappa shape index (κ3) is 11.6. The second-order valence-electron chi connectivity index (χ2n) is 10.7. The van der Waals surface area contributed by atoms with Crippen molar-refractivity contribution in [3.63, 3.8) is 0 Å². The van der Waals surface area contributed by atoms with Crippen LogP contribution < -0.4 is 14.2 Å². The quantitative estimate of drug-likeness (QED) is 0.0493. The number of hydrogen-bond acceptors (Lipinski definition) is 11. The predicted octanol–water partition coefficient (Wildman–Crippen LogP) is 5.21. The number of ether oxygens (including phenoxy) is 4. The second-order valence-corrected chi connectivity index (χ2v) is 11.7. The molecule has 48 heavy (non-hydrogen) atoms. The molecule has 0 saturated heterocycles. The number of methoxy groups -OCH3 is 1. The molecule has 0 aliphatic heterocycles. The van der Waals surface area contributed by atoms with E-state index in [1.165, 1.54) is 0 Å². The predicted molar refractivity (Wildman–Crippen MR) is 187 cm³/mol. The molecule has 2 aromatic heterocycles. The number of rotatable bonds is 21. The van der Waals surface area contributed by atoms with E-state index in [-0.39, 0.29) is 0 Å². The van der Waals surface area contributed by atoms with Crippen LogP contribution in [0.25, 0.3) is 0 Å². The molecule has 256 valence electrons. The Labute approximate surface area is 287 Å². The number of allylic oxidation sites excluding steroid dienone is 1. The van der Waals surface area contributed by atoms with E-state index < -0.39 is 0 Å². The third-order valence-electron chi connectivity index (χ3n) is 7.23. The van der Waals surface area contributed by atoms with Crippen molar-refractivity contribution in [2.75, 3.05) is 78.3 Å². The molecule has 0 fully saturated rings. The summed E-state index contributed by atoms with van der Waals surface area (Å²) in [4.78, 5) is 8.69. The van der Waals surface area contributed by atoms with Gasteiger partial charge in [-0.2, -0.15) is 10.5 Å². The Hall–Kier alpha value is -4.60. The number of aromatic nitrogens is 2. The fourth-order valence-electron chi connectivity index (χ4n) is 4.70. The van der Waals surface area contributed by atoms with Gasteiger partial charge < -0.3 is 28.7 Å². The molecule has 14 heteroatoms. The van der Waals surface area contributed by atoms with Gasteiger partial charge in [0.15, 0.2) is 5.00 Å². The van der Waals surface area contributed by atoms with E-state index in [0.717, 1.165) is 29.1 Å². The van der Waals surface area contributed by atoms with Crippen molar-refractivity contribution in [1.29, 1.82) is 10.5 Å². The Kier molecular flexibility index (Phi) is 16.2. The number of benzene rings is 1. The summed E-state index contributed by atoms with van der Waals surface area (Å²) >= 11 is 1.15. The number of azo groups is 1. The SMILES string of the molecule is C/C=C\N(C=NC)CCOCCN(CCOCCOCCn1cc[n+](C)c1)c1cc(C)c(N=Nc2sc(C#N)c(C)c2C#N)cc1OC. The van der Waals surface area contributed by atoms with Crippen LogP contribution in [0.2, 0.25) is 0 Å². The van der Waals surface area contributed by atoms with Crippen LogP contribution in [0, 0.1) is 36.5 Å². The maximum atomic E-state index is 9.59. The number of imidazole rings is 1. The van der Waals surface area contributed by atoms with E-state index >= 15 is 0 Å². The Bertz CT molecular complexity index is 1610. The van der Waals surface area contributed by atoms with Crippen LogP contribution in [-0.4, -0.2) is 89.2 Å². The van der Waals surface area contributed by atoms with Gasteiger partial charge in [0, 0.05) is 38.9 Å². The minimum Gasteiger partial charge on any atom is -0.495 e. The number of nitrogens with zero attached hydrogens (tertiary/aromatic N) is 9. The lowest BCUT2D eigenvalue weighted by Crippen LogP contribution is -2.32. The molecule has 13 nitrogen and oxygen atoms in total. The number of hydrogen-bond donors (Lipinski definition) is 0. The number of aryl methyl sites for hydroxylation is 2. The van der Waals surface area contributed by atoms with Crippen molar-refractivity contribution in [2.24, 2.45) is 22.3 Å². The maximum Gasteiger partial charge on any atom is 0.243 e. The molecule has 0 radical (unpaired) electrons. The van der Waals surface area contributed by atoms with Gasteiger partial charge in [-0.25, -0.2) is 9.13 Å². The third-order valence-corrected chi connectivity index (χ3v) is 8.31. The summed E-state index contributed by atoms with van der Waals surface area (Å²) in [6, 6.07) is 8.10. The number of nitriles is 2. The Morgan fingerprint density at radius 3 is 2.31 bits per heavy atom. The zero-order chi connectivity index (χ0) is 34.7. The monoisotopic (exact) mass is 676 g/mol. The zero-order valence-electron chi connectivity index (χ0n) is 28.8. The molecule has 0 atom stereocenters. The maximum absolute atomic E-state index is 9.59. The molecule has 0 bridgehead atoms. The summed E-state index contributed by atoms with van der Waals surface area (Å²) in [6.45, 7) is 11.5. The van der Waals surface area contributed by atoms with E-state index in [2.05, 4.69) is 36.8 Å². The Balaban J connectivity index is 1.67. The molecule has 1 aromatic carbocycles. The van der Waals surface area contributed by atoms with Crippen LogP contribution in [-0.2, 0) is 27.8 Å². The zero-order valence-corrected chi connectivity index (χ0v) is 29.6. The summed E-state index contributed by atoms with van der Waals surface area (Å²) in [5, 5.41) is 28.1. The minimum absolute atomic E-state index is 0.365. The largest absolute Gasteiger partial charge is 0.495 e. The lowest BCUT2D eigenvalue weighted by Gasteiger charge is -2.27. The Morgan fingerprint density at radius 2 is 1.69 bits per heavy atom. The first-order valence-electron chi connectivity index (χ1n) is 15.7. The minimum atomic E-state index is 0.365. The van der Waals surface area contributed by atoms with E-state index in [1.54, 1.807) is 27.4 Å². The average Bonchev–Trinajstić information content (AvgIpc) is 3.64. The highest BCUT2D eigenvalue weighted by Crippen LogP contribution is 2.38. The fraction of sp³-hybridized carbons (Fsp3) is 0.471. The lowest BCUT2D eigenvalue weighted by atomic mass is 10.1. The first-order chi connectivity index (χ1) is 23.3. The molecule has 3 rings (SSSR count). The van der Waals surface area contributed by atoms with Gasteiger partial charge in [0.2, 0.25) is 6.33 Å². The van der Waals surface area contributed by atoms with Crippen molar-refractivity contribution >= 4 is 34.1 Å². The summed E-state index contributed by atoms with van der Waals surface area (Å²) in [6.07, 6.45) is 11.7. The van der Waals surface area contributed by atoms with Gasteiger partial charge >= 0.3 is 0 Å². The molecular weight excluding hydrogens is 630 g/mol. The van der Waals surface area contributed by atoms with Gasteiger partial charge in [-0.3, -0.25) is 4.99 Å². The average molecular weight is 677 g/mol. The van der Waals surface area contributed by atoms with Gasteiger partial charge in [-0.1, -0.05) is 6.08 Å². The number of aliphatic imine (C=N–C) groups is 1. The van der Waals surface area contributed by atoms with Gasteiger partial charge in [0.05, 0.1) is 77.1 Å². The number of thiophene rings is 1. The van der Waals surface area contributed by atoms with E-state index in [1.807, 2.05) is 73.5 Å². The molecule has 3 aromatic rings. The smallest absolute Gasteiger partial charge is 0.243 e. The summed E-state index contributed by atoms with van der Waals surface area (Å²) < 4.78 is 27.6.